The SMILES string of the molecule is O=S(=O)(O)CCCCO[C@@H]1[C@@H](OCCCCS(=O)(=O)O)[C@H]2O[C@H]3[C@H](O)[C@@H](O)[C@@H](O[C@H]4[C@H](O)[C@@H](O)[C@@H](O[C@H]5[C@H](O)[C@@H](O)[C@@H](O[C@H]6[C@H](O)[C@@H](O)[C@@H](O[C@H]7[C@H](O)[C@@H](O)[C@@H](O[C@H]8[C@H](O)[C@@H](O)[C@@H](O[C@@H]1[C@@H](CO)O2)O[C@@H]8CO)O[C@@H]7CO)O[C@@H]6CO)O[C@@H]5CO)O[C@@H]4CO)O[C@@H]3CO. The molecule has 41 nitrogen and oxygen atoms in total. The van der Waals surface area contributed by atoms with Crippen molar-refractivity contribution in [2.45, 2.75) is 241 Å². The van der Waals surface area contributed by atoms with E-state index in [1.807, 2.05) is 0 Å². The van der Waals surface area contributed by atoms with E-state index < -0.39 is 306 Å². The monoisotopic (exact) mass is 1410 g/mol. The fourth-order valence-electron chi connectivity index (χ4n) is 12.0. The van der Waals surface area contributed by atoms with Crippen LogP contribution in [0.2, 0.25) is 0 Å². The number of unbranched alkanes of at least 4 members (excludes halogenated alkanes) is 2. The molecule has 14 bridgehead atoms. The third-order valence-corrected chi connectivity index (χ3v) is 18.6. The molecular weight excluding hydrogens is 1320 g/mol. The molecule has 0 aromatic heterocycles. The van der Waals surface area contributed by atoms with Crippen LogP contribution in [0.4, 0.5) is 0 Å². The van der Waals surface area contributed by atoms with Crippen molar-refractivity contribution in [2.24, 2.45) is 0 Å². The Labute approximate surface area is 529 Å². The van der Waals surface area contributed by atoms with Gasteiger partial charge < -0.3 is 173 Å². The fraction of sp³-hybridized carbons (Fsp3) is 1.00. The first-order valence-electron chi connectivity index (χ1n) is 29.8. The Hall–Kier alpha value is -1.58. The molecule has 21 N–H and O–H groups in total. The Balaban J connectivity index is 1.14. The van der Waals surface area contributed by atoms with Crippen molar-refractivity contribution < 1.29 is 199 Å². The Morgan fingerprint density at radius 2 is 0.441 bits per heavy atom. The van der Waals surface area contributed by atoms with Crippen LogP contribution in [0.1, 0.15) is 25.7 Å². The highest BCUT2D eigenvalue weighted by Gasteiger charge is 2.60. The summed E-state index contributed by atoms with van der Waals surface area (Å²) in [7, 11) is -9.04. The smallest absolute Gasteiger partial charge is 0.264 e. The largest absolute Gasteiger partial charge is 0.394 e. The average molecular weight is 1410 g/mol. The van der Waals surface area contributed by atoms with E-state index in [0.717, 1.165) is 0 Å². The van der Waals surface area contributed by atoms with E-state index in [2.05, 4.69) is 0 Å². The molecule has 544 valence electrons. The number of aliphatic hydroxyl groups excluding tert-OH is 19. The first-order chi connectivity index (χ1) is 44.0. The molecule has 0 aromatic carbocycles. The quantitative estimate of drug-likeness (QED) is 0.0422. The van der Waals surface area contributed by atoms with Crippen molar-refractivity contribution in [3.63, 3.8) is 0 Å². The lowest BCUT2D eigenvalue weighted by molar-refractivity contribution is -0.400. The van der Waals surface area contributed by atoms with Crippen LogP contribution in [-0.2, 0) is 96.0 Å². The molecule has 35 atom stereocenters. The van der Waals surface area contributed by atoms with E-state index in [0.29, 0.717) is 0 Å². The topological polar surface area (TPSA) is 641 Å². The molecule has 0 amide bonds. The van der Waals surface area contributed by atoms with Gasteiger partial charge in [-0.1, -0.05) is 0 Å². The Kier molecular flexibility index (Phi) is 28.0. The zero-order chi connectivity index (χ0) is 68.1. The molecule has 0 aliphatic carbocycles. The molecule has 43 heteroatoms. The van der Waals surface area contributed by atoms with Crippen LogP contribution in [0.3, 0.4) is 0 Å². The molecule has 0 radical (unpaired) electrons. The third kappa shape index (κ3) is 18.0. The second-order valence-electron chi connectivity index (χ2n) is 23.3. The predicted octanol–water partition coefficient (Wildman–Crippen LogP) is -13.8. The summed E-state index contributed by atoms with van der Waals surface area (Å²) in [5.74, 6) is -1.54. The van der Waals surface area contributed by atoms with Gasteiger partial charge in [-0.25, -0.2) is 0 Å². The van der Waals surface area contributed by atoms with Crippen LogP contribution in [0, 0.1) is 0 Å². The lowest BCUT2D eigenvalue weighted by Crippen LogP contribution is -2.68. The summed E-state index contributed by atoms with van der Waals surface area (Å²) in [5, 5.41) is 213. The molecule has 0 spiro atoms. The van der Waals surface area contributed by atoms with Gasteiger partial charge in [0.25, 0.3) is 20.2 Å². The van der Waals surface area contributed by atoms with E-state index >= 15 is 0 Å². The van der Waals surface area contributed by atoms with Crippen molar-refractivity contribution in [1.29, 1.82) is 0 Å². The highest BCUT2D eigenvalue weighted by Crippen LogP contribution is 2.40. The molecule has 21 aliphatic rings. The van der Waals surface area contributed by atoms with Crippen LogP contribution < -0.4 is 0 Å². The highest BCUT2D eigenvalue weighted by molar-refractivity contribution is 7.86. The van der Waals surface area contributed by atoms with Gasteiger partial charge in [-0.15, -0.1) is 0 Å². The van der Waals surface area contributed by atoms with Gasteiger partial charge in [0.2, 0.25) is 0 Å². The summed E-state index contributed by atoms with van der Waals surface area (Å²) in [5.41, 5.74) is 0. The number of hydrogen-bond acceptors (Lipinski definition) is 39. The average Bonchev–Trinajstić information content (AvgIpc) is 0.787. The first kappa shape index (κ1) is 77.2. The Bertz CT molecular complexity index is 2490. The number of hydrogen-bond donors (Lipinski definition) is 21. The molecule has 93 heavy (non-hydrogen) atoms. The normalized spacial score (nSPS) is 48.2. The van der Waals surface area contributed by atoms with E-state index in [9.17, 15) is 123 Å². The van der Waals surface area contributed by atoms with Crippen molar-refractivity contribution in [3.05, 3.63) is 0 Å². The molecule has 0 aromatic rings. The molecule has 21 aliphatic heterocycles. The minimum Gasteiger partial charge on any atom is -0.394 e. The van der Waals surface area contributed by atoms with Crippen LogP contribution in [-0.4, -0.2) is 409 Å². The maximum atomic E-state index is 11.8. The molecule has 21 saturated heterocycles. The number of ether oxygens (including phenoxy) is 16. The van der Waals surface area contributed by atoms with Gasteiger partial charge in [-0.3, -0.25) is 9.11 Å². The van der Waals surface area contributed by atoms with E-state index in [4.69, 9.17) is 75.8 Å². The standard InChI is InChI=1S/C50H86O41S2/c51-9-16-35-23(58)30(65)45(79-16)87-37-18(11-53)81-47(32(67)25(37)60)89-39-20(13-55)83-49(34(69)27(39)62)91-41-22(15-57)84-50(43(77-6-2-4-8-93(73,74)75)42(41)76-5-1-3-7-92(70,71)72)90-40-21(14-56)82-48(33(68)28(40)63)88-38-19(12-54)80-46(31(66)26(38)61)86-36-17(10-52)78-44(85-35)29(64)24(36)59/h16-69H,1-15H2,(H,70,71,72)(H,73,74,75)/t16-,17-,18-,19-,20-,21-,22-,23-,24-,25-,26-,27-,28-,29-,30-,31-,32-,33-,34-,35-,36-,37-,38-,39-,40-,41-,42+,43-,44-,45-,46-,47-,48-,49-,50-/m1/s1. The highest BCUT2D eigenvalue weighted by atomic mass is 32.2. The van der Waals surface area contributed by atoms with Gasteiger partial charge in [0.15, 0.2) is 44.0 Å². The molecular formula is C50H86O41S2. The minimum absolute atomic E-state index is 0.175. The predicted molar refractivity (Wildman–Crippen MR) is 287 cm³/mol. The summed E-state index contributed by atoms with van der Waals surface area (Å²) < 4.78 is 160. The van der Waals surface area contributed by atoms with Crippen molar-refractivity contribution in [1.82, 2.24) is 0 Å². The van der Waals surface area contributed by atoms with Gasteiger partial charge >= 0.3 is 0 Å². The summed E-state index contributed by atoms with van der Waals surface area (Å²) >= 11 is 0. The Morgan fingerprint density at radius 3 is 0.667 bits per heavy atom. The van der Waals surface area contributed by atoms with Crippen molar-refractivity contribution in [2.75, 3.05) is 71.0 Å². The minimum atomic E-state index is -4.52. The Morgan fingerprint density at radius 1 is 0.247 bits per heavy atom. The zero-order valence-electron chi connectivity index (χ0n) is 49.2. The van der Waals surface area contributed by atoms with Gasteiger partial charge in [0, 0.05) is 13.2 Å². The second-order valence-corrected chi connectivity index (χ2v) is 26.5. The maximum Gasteiger partial charge on any atom is 0.264 e. The van der Waals surface area contributed by atoms with Gasteiger partial charge in [0.05, 0.1) is 57.8 Å². The summed E-state index contributed by atoms with van der Waals surface area (Å²) in [6, 6.07) is 0. The zero-order valence-corrected chi connectivity index (χ0v) is 50.8. The molecule has 21 fully saturated rings. The van der Waals surface area contributed by atoms with E-state index in [1.54, 1.807) is 0 Å². The van der Waals surface area contributed by atoms with Crippen LogP contribution in [0.25, 0.3) is 0 Å². The summed E-state index contributed by atoms with van der Waals surface area (Å²) in [6.07, 6.45) is -72.3. The van der Waals surface area contributed by atoms with Crippen LogP contribution in [0.15, 0.2) is 0 Å². The van der Waals surface area contributed by atoms with E-state index in [-0.39, 0.29) is 25.7 Å². The van der Waals surface area contributed by atoms with Crippen LogP contribution >= 0.6 is 0 Å². The van der Waals surface area contributed by atoms with E-state index in [1.165, 1.54) is 0 Å². The molecule has 21 heterocycles. The van der Waals surface area contributed by atoms with Crippen molar-refractivity contribution >= 4 is 20.2 Å². The second kappa shape index (κ2) is 33.7. The fourth-order valence-corrected chi connectivity index (χ4v) is 13.1. The summed E-state index contributed by atoms with van der Waals surface area (Å²) in [6.45, 7) is -8.67. The molecule has 0 unspecified atom stereocenters. The van der Waals surface area contributed by atoms with Gasteiger partial charge in [-0.05, 0) is 25.7 Å². The lowest BCUT2D eigenvalue weighted by Gasteiger charge is -2.51. The lowest BCUT2D eigenvalue weighted by atomic mass is 9.95. The molecule has 0 saturated carbocycles. The number of aliphatic hydroxyl groups is 19. The summed E-state index contributed by atoms with van der Waals surface area (Å²) in [4.78, 5) is 0. The first-order valence-corrected chi connectivity index (χ1v) is 33.0. The van der Waals surface area contributed by atoms with Gasteiger partial charge in [0.1, 0.15) is 171 Å². The number of rotatable bonds is 19. The van der Waals surface area contributed by atoms with Crippen molar-refractivity contribution in [3.8, 4) is 0 Å². The third-order valence-electron chi connectivity index (χ3n) is 16.9. The maximum absolute atomic E-state index is 11.8. The van der Waals surface area contributed by atoms with Crippen LogP contribution in [0.5, 0.6) is 0 Å². The molecule has 21 rings (SSSR count). The van der Waals surface area contributed by atoms with Gasteiger partial charge in [-0.2, -0.15) is 16.8 Å².